The quantitative estimate of drug-likeness (QED) is 0.120. The van der Waals surface area contributed by atoms with Crippen LogP contribution in [-0.2, 0) is 8.85 Å². The van der Waals surface area contributed by atoms with Crippen molar-refractivity contribution >= 4 is 16.6 Å². The molecule has 0 saturated carbocycles. The van der Waals surface area contributed by atoms with Gasteiger partial charge in [0.15, 0.2) is 16.6 Å². The molecule has 202 valence electrons. The number of unbranched alkanes of at least 4 members (excludes halogenated alkanes) is 2. The normalized spacial score (nSPS) is 21.6. The first-order valence-electron chi connectivity index (χ1n) is 14.5. The van der Waals surface area contributed by atoms with E-state index in [0.717, 1.165) is 38.5 Å². The van der Waals surface area contributed by atoms with Crippen LogP contribution >= 0.6 is 0 Å². The van der Waals surface area contributed by atoms with Crippen LogP contribution in [0.25, 0.3) is 0 Å². The van der Waals surface area contributed by atoms with Crippen molar-refractivity contribution in [2.75, 3.05) is 6.61 Å². The fraction of sp³-hybridized carbons (Fsp3) is 0.931. The molecule has 5 heteroatoms. The summed E-state index contributed by atoms with van der Waals surface area (Å²) < 4.78 is 14.1. The summed E-state index contributed by atoms with van der Waals surface area (Å²) in [4.78, 5) is 0. The van der Waals surface area contributed by atoms with Gasteiger partial charge in [-0.3, -0.25) is 0 Å². The summed E-state index contributed by atoms with van der Waals surface area (Å²) in [5.74, 6) is 0.469. The van der Waals surface area contributed by atoms with Crippen molar-refractivity contribution in [2.45, 2.75) is 161 Å². The van der Waals surface area contributed by atoms with Gasteiger partial charge in [0, 0.05) is 12.5 Å². The molecule has 0 fully saturated rings. The lowest BCUT2D eigenvalue weighted by molar-refractivity contribution is 0.0501. The molecule has 1 rings (SSSR count). The highest BCUT2D eigenvalue weighted by molar-refractivity contribution is 6.74. The second-order valence-corrected chi connectivity index (χ2v) is 22.1. The zero-order valence-corrected chi connectivity index (χ0v) is 26.7. The van der Waals surface area contributed by atoms with Gasteiger partial charge in [-0.2, -0.15) is 0 Å². The average molecular weight is 513 g/mol. The third-order valence-electron chi connectivity index (χ3n) is 9.10. The summed E-state index contributed by atoms with van der Waals surface area (Å²) in [5.41, 5.74) is 1.51. The van der Waals surface area contributed by atoms with Crippen LogP contribution < -0.4 is 0 Å². The smallest absolute Gasteiger partial charge is 0.192 e. The van der Waals surface area contributed by atoms with Crippen LogP contribution in [0.4, 0.5) is 0 Å². The molecule has 0 radical (unpaired) electrons. The Morgan fingerprint density at radius 1 is 0.941 bits per heavy atom. The molecule has 0 spiro atoms. The highest BCUT2D eigenvalue weighted by atomic mass is 28.4. The van der Waals surface area contributed by atoms with E-state index < -0.39 is 16.6 Å². The van der Waals surface area contributed by atoms with Crippen molar-refractivity contribution in [1.82, 2.24) is 0 Å². The zero-order chi connectivity index (χ0) is 26.0. The van der Waals surface area contributed by atoms with Gasteiger partial charge in [0.25, 0.3) is 0 Å². The van der Waals surface area contributed by atoms with Crippen LogP contribution in [-0.4, -0.2) is 40.1 Å². The predicted molar refractivity (Wildman–Crippen MR) is 155 cm³/mol. The molecule has 0 aromatic heterocycles. The fourth-order valence-electron chi connectivity index (χ4n) is 5.40. The lowest BCUT2D eigenvalue weighted by atomic mass is 9.86. The Kier molecular flexibility index (Phi) is 13.3. The van der Waals surface area contributed by atoms with E-state index in [9.17, 15) is 5.11 Å². The molecular weight excluding hydrogens is 452 g/mol. The molecule has 0 heterocycles. The maximum Gasteiger partial charge on any atom is 0.192 e. The zero-order valence-electron chi connectivity index (χ0n) is 24.7. The van der Waals surface area contributed by atoms with Crippen LogP contribution in [0.1, 0.15) is 113 Å². The van der Waals surface area contributed by atoms with Crippen molar-refractivity contribution in [3.8, 4) is 0 Å². The van der Waals surface area contributed by atoms with Crippen molar-refractivity contribution in [2.24, 2.45) is 5.92 Å². The second kappa shape index (κ2) is 14.1. The van der Waals surface area contributed by atoms with Gasteiger partial charge in [0.2, 0.25) is 0 Å². The Morgan fingerprint density at radius 3 is 2.06 bits per heavy atom. The van der Waals surface area contributed by atoms with Gasteiger partial charge in [-0.1, -0.05) is 79.4 Å². The molecule has 0 bridgehead atoms. The highest BCUT2D eigenvalue weighted by Crippen LogP contribution is 2.44. The standard InChI is InChI=1S/C29H60O3Si2/c1-11-15-16-22-29(8,32-33(9,10)28(5,6)7)23-21-25-19-20-27(26(25)18-17-24-30)31-34(12-2,13-3)14-4/h19,26-27,30H,11-18,20-24H2,1-10H3/t26-,27+,29+/m1/s1. The number of aliphatic hydroxyl groups excluding tert-OH is 1. The van der Waals surface area contributed by atoms with E-state index in [1.165, 1.54) is 37.4 Å². The molecule has 3 atom stereocenters. The summed E-state index contributed by atoms with van der Waals surface area (Å²) >= 11 is 0. The first-order chi connectivity index (χ1) is 15.8. The minimum atomic E-state index is -1.85. The Hall–Kier alpha value is 0.0538. The third kappa shape index (κ3) is 9.17. The van der Waals surface area contributed by atoms with Gasteiger partial charge >= 0.3 is 0 Å². The molecule has 1 aliphatic carbocycles. The van der Waals surface area contributed by atoms with Crippen molar-refractivity contribution < 1.29 is 14.0 Å². The molecular formula is C29H60O3Si2. The molecule has 0 aromatic rings. The Bertz CT molecular complexity index is 599. The first-order valence-corrected chi connectivity index (χ1v) is 19.9. The van der Waals surface area contributed by atoms with Gasteiger partial charge in [-0.05, 0) is 81.7 Å². The molecule has 0 unspecified atom stereocenters. The highest BCUT2D eigenvalue weighted by Gasteiger charge is 2.43. The maximum absolute atomic E-state index is 9.59. The molecule has 0 aliphatic heterocycles. The molecule has 3 nitrogen and oxygen atoms in total. The van der Waals surface area contributed by atoms with Crippen LogP contribution in [0, 0.1) is 5.92 Å². The molecule has 1 N–H and O–H groups in total. The predicted octanol–water partition coefficient (Wildman–Crippen LogP) is 9.24. The average Bonchev–Trinajstić information content (AvgIpc) is 3.15. The minimum Gasteiger partial charge on any atom is -0.413 e. The Morgan fingerprint density at radius 2 is 1.56 bits per heavy atom. The van der Waals surface area contributed by atoms with Gasteiger partial charge in [-0.15, -0.1) is 0 Å². The Labute approximate surface area is 215 Å². The number of hydrogen-bond acceptors (Lipinski definition) is 3. The van der Waals surface area contributed by atoms with Gasteiger partial charge in [0.05, 0.1) is 11.7 Å². The van der Waals surface area contributed by atoms with Crippen LogP contribution in [0.2, 0.25) is 36.3 Å². The van der Waals surface area contributed by atoms with E-state index in [1.807, 2.05) is 0 Å². The van der Waals surface area contributed by atoms with Crippen molar-refractivity contribution in [3.63, 3.8) is 0 Å². The fourth-order valence-corrected chi connectivity index (χ4v) is 10.0. The van der Waals surface area contributed by atoms with E-state index in [1.54, 1.807) is 5.57 Å². The Balaban J connectivity index is 3.01. The van der Waals surface area contributed by atoms with Crippen LogP contribution in [0.3, 0.4) is 0 Å². The molecule has 0 saturated heterocycles. The summed E-state index contributed by atoms with van der Waals surface area (Å²) in [6.45, 7) is 23.8. The minimum absolute atomic E-state index is 0.0613. The lowest BCUT2D eigenvalue weighted by Crippen LogP contribution is -2.48. The maximum atomic E-state index is 9.59. The molecule has 34 heavy (non-hydrogen) atoms. The summed E-state index contributed by atoms with van der Waals surface area (Å²) in [5, 5.41) is 9.81. The van der Waals surface area contributed by atoms with Gasteiger partial charge in [-0.25, -0.2) is 0 Å². The largest absolute Gasteiger partial charge is 0.413 e. The van der Waals surface area contributed by atoms with E-state index in [-0.39, 0.29) is 17.2 Å². The molecule has 1 aliphatic rings. The summed E-state index contributed by atoms with van der Waals surface area (Å²) in [6, 6.07) is 3.61. The number of hydrogen-bond donors (Lipinski definition) is 1. The van der Waals surface area contributed by atoms with E-state index >= 15 is 0 Å². The third-order valence-corrected chi connectivity index (χ3v) is 18.4. The van der Waals surface area contributed by atoms with E-state index in [2.05, 4.69) is 74.6 Å². The van der Waals surface area contributed by atoms with E-state index in [4.69, 9.17) is 8.85 Å². The second-order valence-electron chi connectivity index (χ2n) is 12.7. The van der Waals surface area contributed by atoms with Gasteiger partial charge < -0.3 is 14.0 Å². The SMILES string of the molecule is CCCCC[C@@](C)(CCC1=CC[C@H](O[Si](CC)(CC)CC)[C@@H]1CCCO)O[Si](C)(C)C(C)(C)C. The molecule has 0 aromatic carbocycles. The summed E-state index contributed by atoms with van der Waals surface area (Å²) in [6.07, 6.45) is 12.9. The van der Waals surface area contributed by atoms with Gasteiger partial charge in [0.1, 0.15) is 0 Å². The molecule has 0 amide bonds. The van der Waals surface area contributed by atoms with Crippen LogP contribution in [0.5, 0.6) is 0 Å². The summed E-state index contributed by atoms with van der Waals surface area (Å²) in [7, 11) is -3.49. The van der Waals surface area contributed by atoms with E-state index in [0.29, 0.717) is 12.0 Å². The lowest BCUT2D eigenvalue weighted by Gasteiger charge is -2.45. The first kappa shape index (κ1) is 32.1. The number of aliphatic hydroxyl groups is 1. The van der Waals surface area contributed by atoms with Crippen molar-refractivity contribution in [1.29, 1.82) is 0 Å². The number of rotatable bonds is 17. The van der Waals surface area contributed by atoms with Crippen molar-refractivity contribution in [3.05, 3.63) is 11.6 Å². The van der Waals surface area contributed by atoms with Crippen LogP contribution in [0.15, 0.2) is 11.6 Å². The topological polar surface area (TPSA) is 38.7 Å². The monoisotopic (exact) mass is 512 g/mol.